The average molecular weight is 415 g/mol. The first-order valence-electron chi connectivity index (χ1n) is 10.9. The van der Waals surface area contributed by atoms with E-state index in [9.17, 15) is 14.4 Å². The molecule has 0 spiro atoms. The Morgan fingerprint density at radius 2 is 1.71 bits per heavy atom. The van der Waals surface area contributed by atoms with Crippen LogP contribution in [0.1, 0.15) is 47.6 Å². The van der Waals surface area contributed by atoms with Gasteiger partial charge in [-0.1, -0.05) is 48.6 Å². The quantitative estimate of drug-likeness (QED) is 0.779. The number of nitrogens with zero attached hydrogens (tertiary/aromatic N) is 2. The van der Waals surface area contributed by atoms with Gasteiger partial charge in [0.05, 0.1) is 23.6 Å². The van der Waals surface area contributed by atoms with E-state index in [1.807, 2.05) is 35.3 Å². The van der Waals surface area contributed by atoms with Crippen LogP contribution in [0.4, 0.5) is 5.69 Å². The number of likely N-dealkylation sites (tertiary alicyclic amines) is 1. The lowest BCUT2D eigenvalue weighted by Crippen LogP contribution is -2.59. The third kappa shape index (κ3) is 3.52. The maximum absolute atomic E-state index is 13.4. The van der Waals surface area contributed by atoms with E-state index in [2.05, 4.69) is 17.6 Å². The number of carbonyl (C=O) groups excluding carboxylic acids is 3. The highest BCUT2D eigenvalue weighted by atomic mass is 16.2. The molecule has 0 saturated carbocycles. The number of hydrogen-bond acceptors (Lipinski definition) is 3. The van der Waals surface area contributed by atoms with E-state index in [0.29, 0.717) is 30.6 Å². The predicted molar refractivity (Wildman–Crippen MR) is 117 cm³/mol. The molecule has 0 bridgehead atoms. The number of amides is 3. The first kappa shape index (κ1) is 19.5. The zero-order valence-electron chi connectivity index (χ0n) is 17.2. The van der Waals surface area contributed by atoms with Gasteiger partial charge < -0.3 is 4.90 Å². The molecule has 2 aromatic carbocycles. The van der Waals surface area contributed by atoms with Gasteiger partial charge in [0, 0.05) is 12.1 Å². The van der Waals surface area contributed by atoms with E-state index in [1.54, 1.807) is 24.3 Å². The van der Waals surface area contributed by atoms with E-state index < -0.39 is 0 Å². The van der Waals surface area contributed by atoms with Crippen molar-refractivity contribution in [3.8, 4) is 0 Å². The monoisotopic (exact) mass is 415 g/mol. The van der Waals surface area contributed by atoms with E-state index in [0.717, 1.165) is 18.4 Å². The number of benzene rings is 2. The van der Waals surface area contributed by atoms with Crippen LogP contribution in [-0.4, -0.2) is 29.2 Å². The largest absolute Gasteiger partial charge is 0.332 e. The highest BCUT2D eigenvalue weighted by Gasteiger charge is 2.42. The van der Waals surface area contributed by atoms with E-state index in [-0.39, 0.29) is 35.6 Å². The van der Waals surface area contributed by atoms with Gasteiger partial charge in [0.1, 0.15) is 0 Å². The number of fused-ring (bicyclic) bond motifs is 1. The lowest BCUT2D eigenvalue weighted by molar-refractivity contribution is -0.139. The minimum absolute atomic E-state index is 0.0533. The van der Waals surface area contributed by atoms with Gasteiger partial charge in [-0.25, -0.2) is 5.01 Å². The molecule has 0 aromatic heterocycles. The van der Waals surface area contributed by atoms with Crippen LogP contribution in [0.3, 0.4) is 0 Å². The molecule has 6 nitrogen and oxygen atoms in total. The molecule has 31 heavy (non-hydrogen) atoms. The molecular formula is C25H25N3O3. The van der Waals surface area contributed by atoms with Crippen molar-refractivity contribution in [1.29, 1.82) is 0 Å². The summed E-state index contributed by atoms with van der Waals surface area (Å²) >= 11 is 0. The molecule has 3 unspecified atom stereocenters. The summed E-state index contributed by atoms with van der Waals surface area (Å²) in [4.78, 5) is 40.9. The first-order valence-corrected chi connectivity index (χ1v) is 10.9. The Morgan fingerprint density at radius 3 is 2.52 bits per heavy atom. The van der Waals surface area contributed by atoms with Gasteiger partial charge in [-0.05, 0) is 49.4 Å². The highest BCUT2D eigenvalue weighted by Crippen LogP contribution is 2.35. The van der Waals surface area contributed by atoms with Crippen molar-refractivity contribution in [2.45, 2.75) is 31.7 Å². The van der Waals surface area contributed by atoms with Crippen molar-refractivity contribution in [2.24, 2.45) is 11.8 Å². The third-order valence-electron chi connectivity index (χ3n) is 6.58. The van der Waals surface area contributed by atoms with Gasteiger partial charge in [0.2, 0.25) is 11.8 Å². The van der Waals surface area contributed by atoms with Crippen molar-refractivity contribution < 1.29 is 14.4 Å². The molecule has 1 aliphatic carbocycles. The molecule has 0 radical (unpaired) electrons. The van der Waals surface area contributed by atoms with Gasteiger partial charge in [0.15, 0.2) is 0 Å². The first-order chi connectivity index (χ1) is 15.1. The van der Waals surface area contributed by atoms with Gasteiger partial charge in [0.25, 0.3) is 5.91 Å². The smallest absolute Gasteiger partial charge is 0.254 e. The number of allylic oxidation sites excluding steroid dienone is 2. The van der Waals surface area contributed by atoms with Crippen LogP contribution in [0.5, 0.6) is 0 Å². The SMILES string of the molecule is O=C1NN(c2cccc(C(=O)N3CCCC3c3ccccc3)c2)C(=O)C2CC=CCC12. The maximum atomic E-state index is 13.4. The molecule has 6 heteroatoms. The molecule has 158 valence electrons. The molecule has 2 fully saturated rings. The minimum atomic E-state index is -0.348. The van der Waals surface area contributed by atoms with Gasteiger partial charge in [-0.3, -0.25) is 19.8 Å². The lowest BCUT2D eigenvalue weighted by Gasteiger charge is -2.38. The third-order valence-corrected chi connectivity index (χ3v) is 6.58. The zero-order chi connectivity index (χ0) is 21.4. The standard InChI is InChI=1S/C25H25N3O3/c29-23-20-12-4-5-13-21(20)25(31)28(26-23)19-11-6-10-18(16-19)24(30)27-15-7-14-22(27)17-8-2-1-3-9-17/h1-6,8-11,16,20-22H,7,12-15H2,(H,26,29). The number of rotatable bonds is 3. The Kier molecular flexibility index (Phi) is 5.06. The van der Waals surface area contributed by atoms with E-state index >= 15 is 0 Å². The lowest BCUT2D eigenvalue weighted by atomic mass is 9.80. The highest BCUT2D eigenvalue weighted by molar-refractivity contribution is 6.05. The summed E-state index contributed by atoms with van der Waals surface area (Å²) < 4.78 is 0. The van der Waals surface area contributed by atoms with Crippen LogP contribution in [0.25, 0.3) is 0 Å². The van der Waals surface area contributed by atoms with Gasteiger partial charge >= 0.3 is 0 Å². The van der Waals surface area contributed by atoms with Crippen molar-refractivity contribution >= 4 is 23.4 Å². The van der Waals surface area contributed by atoms with Crippen molar-refractivity contribution in [3.63, 3.8) is 0 Å². The molecule has 2 aliphatic heterocycles. The fourth-order valence-electron chi connectivity index (χ4n) is 4.96. The molecule has 3 atom stereocenters. The molecular weight excluding hydrogens is 390 g/mol. The molecule has 1 N–H and O–H groups in total. The summed E-state index contributed by atoms with van der Waals surface area (Å²) in [7, 11) is 0. The zero-order valence-corrected chi connectivity index (χ0v) is 17.2. The fraction of sp³-hybridized carbons (Fsp3) is 0.320. The van der Waals surface area contributed by atoms with Crippen LogP contribution in [-0.2, 0) is 9.59 Å². The topological polar surface area (TPSA) is 69.7 Å². The molecule has 2 aromatic rings. The van der Waals surface area contributed by atoms with Crippen LogP contribution in [0.2, 0.25) is 0 Å². The van der Waals surface area contributed by atoms with Crippen molar-refractivity contribution in [1.82, 2.24) is 10.3 Å². The Bertz CT molecular complexity index is 1050. The number of hydrogen-bond donors (Lipinski definition) is 1. The minimum Gasteiger partial charge on any atom is -0.332 e. The number of hydrazine groups is 1. The van der Waals surface area contributed by atoms with Crippen LogP contribution < -0.4 is 10.4 Å². The Labute approximate surface area is 181 Å². The summed E-state index contributed by atoms with van der Waals surface area (Å²) in [6.07, 6.45) is 6.98. The second-order valence-electron chi connectivity index (χ2n) is 8.42. The fourth-order valence-corrected chi connectivity index (χ4v) is 4.96. The average Bonchev–Trinajstić information content (AvgIpc) is 3.31. The summed E-state index contributed by atoms with van der Waals surface area (Å²) in [5.41, 5.74) is 4.92. The van der Waals surface area contributed by atoms with E-state index in [1.165, 1.54) is 5.01 Å². The summed E-state index contributed by atoms with van der Waals surface area (Å²) in [5.74, 6) is -0.979. The van der Waals surface area contributed by atoms with Gasteiger partial charge in [-0.2, -0.15) is 0 Å². The van der Waals surface area contributed by atoms with E-state index in [4.69, 9.17) is 0 Å². The molecule has 2 heterocycles. The maximum Gasteiger partial charge on any atom is 0.254 e. The number of carbonyl (C=O) groups is 3. The Morgan fingerprint density at radius 1 is 0.935 bits per heavy atom. The molecule has 3 amide bonds. The summed E-state index contributed by atoms with van der Waals surface area (Å²) in [5, 5.41) is 1.32. The molecule has 3 aliphatic rings. The van der Waals surface area contributed by atoms with Crippen LogP contribution >= 0.6 is 0 Å². The molecule has 5 rings (SSSR count). The second kappa shape index (κ2) is 8.02. The number of anilines is 1. The van der Waals surface area contributed by atoms with Gasteiger partial charge in [-0.15, -0.1) is 0 Å². The summed E-state index contributed by atoms with van der Waals surface area (Å²) in [6.45, 7) is 0.706. The Balaban J connectivity index is 1.40. The van der Waals surface area contributed by atoms with Crippen LogP contribution in [0, 0.1) is 11.8 Å². The normalized spacial score (nSPS) is 25.4. The Hall–Kier alpha value is -3.41. The van der Waals surface area contributed by atoms with Crippen molar-refractivity contribution in [3.05, 3.63) is 77.9 Å². The second-order valence-corrected chi connectivity index (χ2v) is 8.42. The predicted octanol–water partition coefficient (Wildman–Crippen LogP) is 3.62. The molecule has 2 saturated heterocycles. The van der Waals surface area contributed by atoms with Crippen LogP contribution in [0.15, 0.2) is 66.7 Å². The van der Waals surface area contributed by atoms with Crippen molar-refractivity contribution in [2.75, 3.05) is 11.6 Å². The summed E-state index contributed by atoms with van der Waals surface area (Å²) in [6, 6.07) is 17.1. The number of nitrogens with one attached hydrogen (secondary N) is 1.